The fourth-order valence-corrected chi connectivity index (χ4v) is 4.05. The number of carbonyl (C=O) groups is 1. The van der Waals surface area contributed by atoms with Crippen molar-refractivity contribution in [2.24, 2.45) is 0 Å². The number of rotatable bonds is 6. The number of thioether (sulfide) groups is 1. The summed E-state index contributed by atoms with van der Waals surface area (Å²) < 4.78 is 32.1. The van der Waals surface area contributed by atoms with E-state index in [-0.39, 0.29) is 11.5 Å². The number of hydrogen-bond acceptors (Lipinski definition) is 7. The maximum absolute atomic E-state index is 13.5. The summed E-state index contributed by atoms with van der Waals surface area (Å²) in [6.45, 7) is 0.966. The minimum atomic E-state index is -0.449. The second-order valence-electron chi connectivity index (χ2n) is 6.67. The minimum Gasteiger partial charge on any atom is -0.486 e. The zero-order valence-electron chi connectivity index (χ0n) is 16.2. The highest BCUT2D eigenvalue weighted by molar-refractivity contribution is 7.99. The Morgan fingerprint density at radius 2 is 1.90 bits per heavy atom. The van der Waals surface area contributed by atoms with Gasteiger partial charge >= 0.3 is 0 Å². The number of fused-ring (bicyclic) bond motifs is 1. The van der Waals surface area contributed by atoms with Crippen molar-refractivity contribution in [2.45, 2.75) is 5.16 Å². The first-order valence-electron chi connectivity index (χ1n) is 9.50. The molecule has 156 valence electrons. The van der Waals surface area contributed by atoms with Crippen LogP contribution < -0.4 is 9.47 Å². The van der Waals surface area contributed by atoms with Crippen LogP contribution in [-0.2, 0) is 0 Å². The number of halogens is 1. The lowest BCUT2D eigenvalue weighted by molar-refractivity contribution is 0.102. The molecule has 0 radical (unpaired) electrons. The fraction of sp³-hybridized carbons (Fsp3) is 0.136. The second-order valence-corrected chi connectivity index (χ2v) is 7.61. The molecule has 0 bridgehead atoms. The first-order chi connectivity index (χ1) is 15.2. The van der Waals surface area contributed by atoms with E-state index in [2.05, 4.69) is 10.2 Å². The molecule has 2 aromatic carbocycles. The van der Waals surface area contributed by atoms with Gasteiger partial charge in [0.1, 0.15) is 19.0 Å². The van der Waals surface area contributed by atoms with E-state index in [4.69, 9.17) is 13.9 Å². The van der Waals surface area contributed by atoms with Crippen molar-refractivity contribution in [1.29, 1.82) is 0 Å². The van der Waals surface area contributed by atoms with Crippen LogP contribution in [0.15, 0.2) is 70.4 Å². The topological polar surface area (TPSA) is 79.4 Å². The molecule has 0 amide bonds. The molecule has 0 saturated carbocycles. The quantitative estimate of drug-likeness (QED) is 0.326. The van der Waals surface area contributed by atoms with E-state index >= 15 is 0 Å². The number of aromatic nitrogens is 3. The third kappa shape index (κ3) is 3.91. The van der Waals surface area contributed by atoms with Crippen LogP contribution in [0.25, 0.3) is 17.3 Å². The molecule has 1 aliphatic heterocycles. The predicted octanol–water partition coefficient (Wildman–Crippen LogP) is 4.41. The summed E-state index contributed by atoms with van der Waals surface area (Å²) in [5.41, 5.74) is 1.05. The highest BCUT2D eigenvalue weighted by Crippen LogP contribution is 2.35. The van der Waals surface area contributed by atoms with Crippen LogP contribution in [0.3, 0.4) is 0 Å². The molecule has 31 heavy (non-hydrogen) atoms. The molecule has 5 rings (SSSR count). The Labute approximate surface area is 180 Å². The molecule has 3 heterocycles. The Morgan fingerprint density at radius 1 is 1.03 bits per heavy atom. The summed E-state index contributed by atoms with van der Waals surface area (Å²) in [5, 5.41) is 9.02. The van der Waals surface area contributed by atoms with Crippen molar-refractivity contribution in [3.05, 3.63) is 72.2 Å². The number of hydrogen-bond donors (Lipinski definition) is 0. The van der Waals surface area contributed by atoms with Crippen molar-refractivity contribution in [3.63, 3.8) is 0 Å². The minimum absolute atomic E-state index is 0.0737. The van der Waals surface area contributed by atoms with E-state index < -0.39 is 5.82 Å². The maximum Gasteiger partial charge on any atom is 0.205 e. The van der Waals surface area contributed by atoms with Gasteiger partial charge in [-0.15, -0.1) is 10.2 Å². The zero-order valence-corrected chi connectivity index (χ0v) is 17.0. The molecule has 0 spiro atoms. The van der Waals surface area contributed by atoms with Gasteiger partial charge in [0, 0.05) is 11.6 Å². The molecule has 0 unspecified atom stereocenters. The molecule has 0 atom stereocenters. The predicted molar refractivity (Wildman–Crippen MR) is 112 cm³/mol. The average Bonchev–Trinajstić information content (AvgIpc) is 3.47. The number of benzene rings is 2. The van der Waals surface area contributed by atoms with Gasteiger partial charge in [0.2, 0.25) is 5.82 Å². The molecule has 0 aliphatic carbocycles. The number of ketones is 1. The molecule has 4 aromatic rings. The average molecular weight is 437 g/mol. The second kappa shape index (κ2) is 8.27. The number of ether oxygens (including phenoxy) is 2. The van der Waals surface area contributed by atoms with E-state index in [1.54, 1.807) is 29.0 Å². The molecule has 0 saturated heterocycles. The molecule has 0 N–H and O–H groups in total. The van der Waals surface area contributed by atoms with Gasteiger partial charge in [0.25, 0.3) is 0 Å². The van der Waals surface area contributed by atoms with Gasteiger partial charge in [0.05, 0.1) is 17.7 Å². The lowest BCUT2D eigenvalue weighted by Gasteiger charge is -2.19. The molecule has 9 heteroatoms. The first kappa shape index (κ1) is 19.4. The van der Waals surface area contributed by atoms with Crippen molar-refractivity contribution in [3.8, 4) is 28.8 Å². The normalized spacial score (nSPS) is 12.7. The van der Waals surface area contributed by atoms with Crippen LogP contribution >= 0.6 is 11.8 Å². The highest BCUT2D eigenvalue weighted by Gasteiger charge is 2.21. The van der Waals surface area contributed by atoms with Crippen molar-refractivity contribution in [1.82, 2.24) is 14.8 Å². The third-order valence-electron chi connectivity index (χ3n) is 4.64. The van der Waals surface area contributed by atoms with Gasteiger partial charge in [0.15, 0.2) is 28.2 Å². The van der Waals surface area contributed by atoms with E-state index in [1.165, 1.54) is 30.0 Å². The number of nitrogens with zero attached hydrogens (tertiary/aromatic N) is 3. The Kier molecular flexibility index (Phi) is 5.17. The van der Waals surface area contributed by atoms with Crippen molar-refractivity contribution < 1.29 is 23.1 Å². The van der Waals surface area contributed by atoms with Crippen LogP contribution in [0.4, 0.5) is 4.39 Å². The summed E-state index contributed by atoms with van der Waals surface area (Å²) in [5.74, 6) is 1.72. The van der Waals surface area contributed by atoms with Crippen LogP contribution in [0.1, 0.15) is 10.4 Å². The maximum atomic E-state index is 13.5. The van der Waals surface area contributed by atoms with E-state index in [0.717, 1.165) is 5.69 Å². The Morgan fingerprint density at radius 3 is 2.71 bits per heavy atom. The number of furan rings is 1. The summed E-state index contributed by atoms with van der Waals surface area (Å²) in [4.78, 5) is 12.5. The van der Waals surface area contributed by atoms with Gasteiger partial charge in [-0.05, 0) is 36.4 Å². The molecular formula is C22H16FN3O4S. The van der Waals surface area contributed by atoms with Crippen molar-refractivity contribution in [2.75, 3.05) is 19.0 Å². The van der Waals surface area contributed by atoms with E-state index in [0.29, 0.717) is 47.0 Å². The fourth-order valence-electron chi connectivity index (χ4n) is 3.21. The van der Waals surface area contributed by atoms with Gasteiger partial charge < -0.3 is 13.9 Å². The summed E-state index contributed by atoms with van der Waals surface area (Å²) >= 11 is 1.21. The van der Waals surface area contributed by atoms with Crippen LogP contribution in [0, 0.1) is 5.82 Å². The van der Waals surface area contributed by atoms with Gasteiger partial charge in [-0.1, -0.05) is 23.9 Å². The summed E-state index contributed by atoms with van der Waals surface area (Å²) in [6.07, 6.45) is 1.55. The van der Waals surface area contributed by atoms with Crippen LogP contribution in [0.2, 0.25) is 0 Å². The molecule has 7 nitrogen and oxygen atoms in total. The summed E-state index contributed by atoms with van der Waals surface area (Å²) in [6, 6.07) is 14.7. The number of Topliss-reactive ketones (excluding diaryl/α,β-unsaturated/α-hetero) is 1. The standard InChI is InChI=1S/C22H16FN3O4S/c23-15-4-1-3-14(11-15)17(27)13-31-22-25-24-21(19-5-2-8-28-19)26(22)16-6-7-18-20(12-16)30-10-9-29-18/h1-8,11-12H,9-10,13H2. The largest absolute Gasteiger partial charge is 0.486 e. The van der Waals surface area contributed by atoms with Crippen LogP contribution in [0.5, 0.6) is 11.5 Å². The number of carbonyl (C=O) groups excluding carboxylic acids is 1. The molecular weight excluding hydrogens is 421 g/mol. The Balaban J connectivity index is 1.49. The summed E-state index contributed by atoms with van der Waals surface area (Å²) in [7, 11) is 0. The zero-order chi connectivity index (χ0) is 21.2. The van der Waals surface area contributed by atoms with E-state index in [9.17, 15) is 9.18 Å². The van der Waals surface area contributed by atoms with Gasteiger partial charge in [-0.25, -0.2) is 4.39 Å². The van der Waals surface area contributed by atoms with E-state index in [1.807, 2.05) is 18.2 Å². The monoisotopic (exact) mass is 437 g/mol. The van der Waals surface area contributed by atoms with Gasteiger partial charge in [-0.3, -0.25) is 9.36 Å². The molecule has 2 aromatic heterocycles. The first-order valence-corrected chi connectivity index (χ1v) is 10.5. The SMILES string of the molecule is O=C(CSc1nnc(-c2ccco2)n1-c1ccc2c(c1)OCCO2)c1cccc(F)c1. The van der Waals surface area contributed by atoms with Crippen LogP contribution in [-0.4, -0.2) is 39.5 Å². The molecule has 1 aliphatic rings. The Bertz CT molecular complexity index is 1240. The van der Waals surface area contributed by atoms with Crippen molar-refractivity contribution >= 4 is 17.5 Å². The lowest BCUT2D eigenvalue weighted by atomic mass is 10.1. The lowest BCUT2D eigenvalue weighted by Crippen LogP contribution is -2.15. The Hall–Kier alpha value is -3.59. The highest BCUT2D eigenvalue weighted by atomic mass is 32.2. The molecule has 0 fully saturated rings. The van der Waals surface area contributed by atoms with Gasteiger partial charge in [-0.2, -0.15) is 0 Å². The smallest absolute Gasteiger partial charge is 0.205 e. The third-order valence-corrected chi connectivity index (χ3v) is 5.57.